The molecular weight excluding hydrogens is 486 g/mol. The number of methoxy groups -OCH3 is 1. The maximum absolute atomic E-state index is 13.3. The van der Waals surface area contributed by atoms with Crippen LogP contribution in [0.15, 0.2) is 72.8 Å². The van der Waals surface area contributed by atoms with Gasteiger partial charge in [0.1, 0.15) is 23.2 Å². The van der Waals surface area contributed by atoms with Gasteiger partial charge in [-0.25, -0.2) is 4.68 Å². The van der Waals surface area contributed by atoms with Crippen molar-refractivity contribution in [2.24, 2.45) is 0 Å². The predicted molar refractivity (Wildman–Crippen MR) is 146 cm³/mol. The number of ketones is 1. The number of halogens is 1. The first kappa shape index (κ1) is 26.0. The Morgan fingerprint density at radius 2 is 1.73 bits per heavy atom. The molecule has 8 heteroatoms. The van der Waals surface area contributed by atoms with E-state index >= 15 is 0 Å². The van der Waals surface area contributed by atoms with Gasteiger partial charge < -0.3 is 15.4 Å². The molecular formula is C29H28ClN5O2. The molecule has 2 N–H and O–H groups in total. The van der Waals surface area contributed by atoms with Crippen LogP contribution in [0.1, 0.15) is 39.2 Å². The van der Waals surface area contributed by atoms with Gasteiger partial charge in [-0.05, 0) is 61.9 Å². The molecule has 0 spiro atoms. The Labute approximate surface area is 221 Å². The minimum absolute atomic E-state index is 0.112. The number of carbonyl (C=O) groups excluding carboxylic acids is 1. The third-order valence-corrected chi connectivity index (χ3v) is 6.16. The molecule has 0 aliphatic heterocycles. The van der Waals surface area contributed by atoms with E-state index < -0.39 is 0 Å². The number of benzene rings is 3. The van der Waals surface area contributed by atoms with Crippen LogP contribution in [0.4, 0.5) is 5.82 Å². The summed E-state index contributed by atoms with van der Waals surface area (Å²) < 4.78 is 6.79. The number of ether oxygens (including phenoxy) is 1. The molecule has 1 heterocycles. The van der Waals surface area contributed by atoms with Crippen molar-refractivity contribution in [3.63, 3.8) is 0 Å². The summed E-state index contributed by atoms with van der Waals surface area (Å²) in [7, 11) is 1.65. The predicted octanol–water partition coefficient (Wildman–Crippen LogP) is 5.54. The van der Waals surface area contributed by atoms with Crippen molar-refractivity contribution < 1.29 is 9.53 Å². The molecule has 0 amide bonds. The van der Waals surface area contributed by atoms with E-state index in [1.807, 2.05) is 43.3 Å². The van der Waals surface area contributed by atoms with Crippen LogP contribution in [0.5, 0.6) is 5.75 Å². The van der Waals surface area contributed by atoms with Crippen molar-refractivity contribution in [1.29, 1.82) is 5.26 Å². The Hall–Kier alpha value is -4.12. The number of aryl methyl sites for hydroxylation is 1. The van der Waals surface area contributed by atoms with E-state index in [1.165, 1.54) is 5.56 Å². The van der Waals surface area contributed by atoms with E-state index in [0.717, 1.165) is 30.8 Å². The number of anilines is 1. The first-order chi connectivity index (χ1) is 18.0. The van der Waals surface area contributed by atoms with E-state index in [-0.39, 0.29) is 17.0 Å². The van der Waals surface area contributed by atoms with Gasteiger partial charge in [-0.15, -0.1) is 0 Å². The second kappa shape index (κ2) is 12.2. The van der Waals surface area contributed by atoms with Crippen LogP contribution < -0.4 is 15.4 Å². The summed E-state index contributed by atoms with van der Waals surface area (Å²) in [5.41, 5.74) is 3.72. The number of aromatic nitrogens is 2. The zero-order valence-electron chi connectivity index (χ0n) is 20.8. The van der Waals surface area contributed by atoms with Crippen molar-refractivity contribution in [2.75, 3.05) is 25.5 Å². The molecule has 0 aliphatic rings. The molecule has 0 fully saturated rings. The minimum Gasteiger partial charge on any atom is -0.497 e. The lowest BCUT2D eigenvalue weighted by molar-refractivity contribution is 0.103. The zero-order valence-corrected chi connectivity index (χ0v) is 21.5. The van der Waals surface area contributed by atoms with E-state index in [2.05, 4.69) is 21.8 Å². The first-order valence-electron chi connectivity index (χ1n) is 12.0. The fourth-order valence-electron chi connectivity index (χ4n) is 3.85. The lowest BCUT2D eigenvalue weighted by Gasteiger charge is -2.11. The number of hydrogen-bond acceptors (Lipinski definition) is 6. The van der Waals surface area contributed by atoms with Gasteiger partial charge in [0.05, 0.1) is 12.8 Å². The van der Waals surface area contributed by atoms with Crippen molar-refractivity contribution in [3.8, 4) is 17.5 Å². The normalized spacial score (nSPS) is 10.6. The van der Waals surface area contributed by atoms with Crippen LogP contribution in [-0.2, 0) is 6.54 Å². The Bertz CT molecular complexity index is 1390. The standard InChI is InChI=1S/C29H28ClN5O2/c1-20-4-8-22(9-5-20)28(36)27-26(18-31)29(35(34-27)24-12-10-23(30)11-13-24)33-17-3-16-32-19-21-6-14-25(37-2)15-7-21/h4-15,32-33H,3,16-17,19H2,1-2H3. The molecule has 0 atom stereocenters. The number of nitriles is 1. The molecule has 0 bridgehead atoms. The van der Waals surface area contributed by atoms with Gasteiger partial charge in [0.15, 0.2) is 5.69 Å². The summed E-state index contributed by atoms with van der Waals surface area (Å²) in [5, 5.41) is 21.9. The summed E-state index contributed by atoms with van der Waals surface area (Å²) in [6.45, 7) is 4.05. The SMILES string of the molecule is COc1ccc(CNCCCNc2c(C#N)c(C(=O)c3ccc(C)cc3)nn2-c2ccc(Cl)cc2)cc1. The summed E-state index contributed by atoms with van der Waals surface area (Å²) in [5.74, 6) is 1.02. The molecule has 37 heavy (non-hydrogen) atoms. The quantitative estimate of drug-likeness (QED) is 0.202. The average molecular weight is 514 g/mol. The van der Waals surface area contributed by atoms with E-state index in [9.17, 15) is 10.1 Å². The highest BCUT2D eigenvalue weighted by atomic mass is 35.5. The summed E-state index contributed by atoms with van der Waals surface area (Å²) in [6, 6.07) is 24.5. The number of nitrogens with one attached hydrogen (secondary N) is 2. The smallest absolute Gasteiger partial charge is 0.214 e. The van der Waals surface area contributed by atoms with Gasteiger partial charge >= 0.3 is 0 Å². The largest absolute Gasteiger partial charge is 0.497 e. The Kier molecular flexibility index (Phi) is 8.57. The summed E-state index contributed by atoms with van der Waals surface area (Å²) in [6.07, 6.45) is 0.800. The summed E-state index contributed by atoms with van der Waals surface area (Å²) in [4.78, 5) is 13.3. The average Bonchev–Trinajstić information content (AvgIpc) is 3.29. The van der Waals surface area contributed by atoms with Crippen molar-refractivity contribution in [3.05, 3.63) is 106 Å². The third kappa shape index (κ3) is 6.36. The molecule has 7 nitrogen and oxygen atoms in total. The number of rotatable bonds is 11. The minimum atomic E-state index is -0.298. The van der Waals surface area contributed by atoms with Gasteiger partial charge in [-0.3, -0.25) is 4.79 Å². The molecule has 0 aliphatic carbocycles. The van der Waals surface area contributed by atoms with E-state index in [0.29, 0.717) is 28.6 Å². The van der Waals surface area contributed by atoms with Gasteiger partial charge in [0, 0.05) is 23.7 Å². The van der Waals surface area contributed by atoms with Crippen LogP contribution in [0.3, 0.4) is 0 Å². The number of hydrogen-bond donors (Lipinski definition) is 2. The Morgan fingerprint density at radius 1 is 1.03 bits per heavy atom. The van der Waals surface area contributed by atoms with Crippen molar-refractivity contribution in [2.45, 2.75) is 19.9 Å². The highest BCUT2D eigenvalue weighted by Crippen LogP contribution is 2.26. The lowest BCUT2D eigenvalue weighted by Crippen LogP contribution is -2.18. The van der Waals surface area contributed by atoms with Crippen LogP contribution in [-0.4, -0.2) is 35.8 Å². The van der Waals surface area contributed by atoms with Gasteiger partial charge in [0.25, 0.3) is 0 Å². The van der Waals surface area contributed by atoms with Crippen LogP contribution in [0.2, 0.25) is 5.02 Å². The molecule has 188 valence electrons. The number of carbonyl (C=O) groups is 1. The van der Waals surface area contributed by atoms with Crippen LogP contribution in [0.25, 0.3) is 5.69 Å². The second-order valence-corrected chi connectivity index (χ2v) is 9.01. The molecule has 0 saturated carbocycles. The summed E-state index contributed by atoms with van der Waals surface area (Å²) >= 11 is 6.07. The maximum Gasteiger partial charge on any atom is 0.214 e. The highest BCUT2D eigenvalue weighted by molar-refractivity contribution is 6.30. The molecule has 4 aromatic rings. The monoisotopic (exact) mass is 513 g/mol. The zero-order chi connectivity index (χ0) is 26.2. The molecule has 0 unspecified atom stereocenters. The Balaban J connectivity index is 1.49. The van der Waals surface area contributed by atoms with Crippen molar-refractivity contribution in [1.82, 2.24) is 15.1 Å². The third-order valence-electron chi connectivity index (χ3n) is 5.91. The topological polar surface area (TPSA) is 92.0 Å². The van der Waals surface area contributed by atoms with Crippen molar-refractivity contribution >= 4 is 23.2 Å². The molecule has 0 radical (unpaired) electrons. The second-order valence-electron chi connectivity index (χ2n) is 8.57. The fourth-order valence-corrected chi connectivity index (χ4v) is 3.98. The van der Waals surface area contributed by atoms with E-state index in [1.54, 1.807) is 48.2 Å². The number of nitrogens with zero attached hydrogens (tertiary/aromatic N) is 3. The van der Waals surface area contributed by atoms with E-state index in [4.69, 9.17) is 16.3 Å². The Morgan fingerprint density at radius 3 is 2.38 bits per heavy atom. The highest BCUT2D eigenvalue weighted by Gasteiger charge is 2.25. The van der Waals surface area contributed by atoms with Gasteiger partial charge in [-0.1, -0.05) is 53.6 Å². The van der Waals surface area contributed by atoms with Crippen LogP contribution in [0, 0.1) is 18.3 Å². The van der Waals surface area contributed by atoms with Gasteiger partial charge in [0.2, 0.25) is 5.78 Å². The molecule has 3 aromatic carbocycles. The van der Waals surface area contributed by atoms with Crippen LogP contribution >= 0.6 is 11.6 Å². The van der Waals surface area contributed by atoms with Gasteiger partial charge in [-0.2, -0.15) is 10.4 Å². The molecule has 1 aromatic heterocycles. The molecule has 4 rings (SSSR count). The first-order valence-corrected chi connectivity index (χ1v) is 12.4. The maximum atomic E-state index is 13.3. The molecule has 0 saturated heterocycles. The lowest BCUT2D eigenvalue weighted by atomic mass is 10.0. The fraction of sp³-hybridized carbons (Fsp3) is 0.207.